The van der Waals surface area contributed by atoms with Crippen LogP contribution in [-0.2, 0) is 11.3 Å². The third-order valence-electron chi connectivity index (χ3n) is 5.31. The summed E-state index contributed by atoms with van der Waals surface area (Å²) in [5, 5.41) is 24.0. The van der Waals surface area contributed by atoms with Crippen molar-refractivity contribution in [2.75, 3.05) is 11.1 Å². The summed E-state index contributed by atoms with van der Waals surface area (Å²) in [4.78, 5) is 25.2. The van der Waals surface area contributed by atoms with Crippen LogP contribution in [0.5, 0.6) is 0 Å². The Labute approximate surface area is 211 Å². The topological polar surface area (TPSA) is 115 Å². The smallest absolute Gasteiger partial charge is 0.251 e. The molecule has 4 aromatic rings. The molecule has 2 aromatic carbocycles. The molecule has 4 rings (SSSR count). The third-order valence-corrected chi connectivity index (χ3v) is 6.99. The first kappa shape index (κ1) is 24.6. The van der Waals surface area contributed by atoms with Gasteiger partial charge in [-0.05, 0) is 57.0 Å². The van der Waals surface area contributed by atoms with E-state index in [1.54, 1.807) is 6.07 Å². The van der Waals surface area contributed by atoms with Crippen LogP contribution in [0.1, 0.15) is 37.9 Å². The molecule has 2 amide bonds. The predicted octanol–water partition coefficient (Wildman–Crippen LogP) is 4.01. The van der Waals surface area contributed by atoms with Crippen LogP contribution in [-0.4, -0.2) is 42.5 Å². The lowest BCUT2D eigenvalue weighted by atomic mass is 10.1. The minimum absolute atomic E-state index is 0.122. The number of aryl methyl sites for hydroxylation is 3. The molecule has 0 aliphatic rings. The summed E-state index contributed by atoms with van der Waals surface area (Å²) in [6, 6.07) is 13.4. The number of carbonyl (C=O) groups excluding carboxylic acids is 2. The molecule has 180 valence electrons. The Morgan fingerprint density at radius 2 is 1.80 bits per heavy atom. The molecule has 0 saturated carbocycles. The number of hydrogen-bond acceptors (Lipinski definition) is 8. The maximum atomic E-state index is 12.7. The number of amides is 2. The molecule has 2 N–H and O–H groups in total. The number of anilines is 1. The van der Waals surface area contributed by atoms with Gasteiger partial charge in [0.1, 0.15) is 5.01 Å². The molecular formula is C24H25N7O2S2. The van der Waals surface area contributed by atoms with Crippen LogP contribution < -0.4 is 10.6 Å². The summed E-state index contributed by atoms with van der Waals surface area (Å²) >= 11 is 2.58. The van der Waals surface area contributed by atoms with E-state index in [9.17, 15) is 9.59 Å². The highest BCUT2D eigenvalue weighted by atomic mass is 32.2. The number of nitrogens with zero attached hydrogens (tertiary/aromatic N) is 5. The van der Waals surface area contributed by atoms with Gasteiger partial charge < -0.3 is 5.32 Å². The number of carbonyl (C=O) groups is 2. The lowest BCUT2D eigenvalue weighted by molar-refractivity contribution is -0.113. The molecule has 0 saturated heterocycles. The molecule has 0 unspecified atom stereocenters. The first-order chi connectivity index (χ1) is 16.8. The summed E-state index contributed by atoms with van der Waals surface area (Å²) in [6.07, 6.45) is 0. The van der Waals surface area contributed by atoms with E-state index in [4.69, 9.17) is 0 Å². The highest BCUT2D eigenvalue weighted by Gasteiger charge is 2.19. The van der Waals surface area contributed by atoms with Gasteiger partial charge in [0.15, 0.2) is 11.0 Å². The van der Waals surface area contributed by atoms with Crippen LogP contribution >= 0.6 is 23.1 Å². The van der Waals surface area contributed by atoms with E-state index in [0.717, 1.165) is 27.4 Å². The van der Waals surface area contributed by atoms with Gasteiger partial charge in [-0.3, -0.25) is 19.5 Å². The lowest BCUT2D eigenvalue weighted by Crippen LogP contribution is -2.25. The summed E-state index contributed by atoms with van der Waals surface area (Å²) in [7, 11) is 0. The second-order valence-corrected chi connectivity index (χ2v) is 10.1. The molecule has 11 heteroatoms. The average Bonchev–Trinajstić information content (AvgIpc) is 3.43. The number of thioether (sulfide) groups is 1. The van der Waals surface area contributed by atoms with Crippen LogP contribution in [0.3, 0.4) is 0 Å². The van der Waals surface area contributed by atoms with Gasteiger partial charge in [0.2, 0.25) is 11.0 Å². The molecule has 0 spiro atoms. The first-order valence-electron chi connectivity index (χ1n) is 10.9. The molecule has 2 aromatic heterocycles. The standard InChI is InChI=1S/C24H25N7O2S2/c1-14-7-5-9-18(11-14)22(33)25-12-20-28-30-24(31(20)19-10-6-8-15(2)16(19)3)34-13-21(32)26-23-29-27-17(4)35-23/h5-11H,12-13H2,1-4H3,(H,25,33)(H,26,29,32). The van der Waals surface area contributed by atoms with Gasteiger partial charge in [-0.15, -0.1) is 20.4 Å². The molecule has 0 radical (unpaired) electrons. The maximum absolute atomic E-state index is 12.7. The van der Waals surface area contributed by atoms with Crippen molar-refractivity contribution in [3.8, 4) is 5.69 Å². The third kappa shape index (κ3) is 5.92. The molecule has 0 aliphatic heterocycles. The Hall–Kier alpha value is -3.57. The monoisotopic (exact) mass is 507 g/mol. The fourth-order valence-electron chi connectivity index (χ4n) is 3.41. The second-order valence-electron chi connectivity index (χ2n) is 7.97. The fraction of sp³-hybridized carbons (Fsp3) is 0.250. The zero-order valence-corrected chi connectivity index (χ0v) is 21.5. The van der Waals surface area contributed by atoms with Crippen molar-refractivity contribution in [2.24, 2.45) is 0 Å². The Morgan fingerprint density at radius 3 is 2.54 bits per heavy atom. The van der Waals surface area contributed by atoms with Crippen molar-refractivity contribution in [1.29, 1.82) is 0 Å². The Morgan fingerprint density at radius 1 is 1.00 bits per heavy atom. The van der Waals surface area contributed by atoms with Gasteiger partial charge in [0.25, 0.3) is 5.91 Å². The van der Waals surface area contributed by atoms with Crippen LogP contribution in [0.25, 0.3) is 5.69 Å². The van der Waals surface area contributed by atoms with E-state index < -0.39 is 0 Å². The first-order valence-corrected chi connectivity index (χ1v) is 12.7. The van der Waals surface area contributed by atoms with Crippen LogP contribution in [0.2, 0.25) is 0 Å². The van der Waals surface area contributed by atoms with Crippen molar-refractivity contribution in [3.05, 3.63) is 75.6 Å². The van der Waals surface area contributed by atoms with E-state index in [1.165, 1.54) is 23.1 Å². The van der Waals surface area contributed by atoms with Crippen molar-refractivity contribution < 1.29 is 9.59 Å². The second kappa shape index (κ2) is 10.8. The molecule has 2 heterocycles. The lowest BCUT2D eigenvalue weighted by Gasteiger charge is -2.15. The number of hydrogen-bond donors (Lipinski definition) is 2. The SMILES string of the molecule is Cc1cccc(C(=O)NCc2nnc(SCC(=O)Nc3nnc(C)s3)n2-c2cccc(C)c2C)c1. The molecule has 0 fully saturated rings. The number of rotatable bonds is 8. The average molecular weight is 508 g/mol. The Balaban J connectivity index is 1.55. The van der Waals surface area contributed by atoms with Gasteiger partial charge >= 0.3 is 0 Å². The van der Waals surface area contributed by atoms with E-state index in [2.05, 4.69) is 31.0 Å². The van der Waals surface area contributed by atoms with E-state index in [0.29, 0.717) is 21.7 Å². The highest BCUT2D eigenvalue weighted by molar-refractivity contribution is 7.99. The normalized spacial score (nSPS) is 10.9. The van der Waals surface area contributed by atoms with E-state index >= 15 is 0 Å². The van der Waals surface area contributed by atoms with Crippen molar-refractivity contribution in [1.82, 2.24) is 30.3 Å². The quantitative estimate of drug-likeness (QED) is 0.346. The van der Waals surface area contributed by atoms with Crippen LogP contribution in [0.15, 0.2) is 47.6 Å². The van der Waals surface area contributed by atoms with Gasteiger partial charge in [0, 0.05) is 5.56 Å². The molecule has 0 bridgehead atoms. The largest absolute Gasteiger partial charge is 0.345 e. The van der Waals surface area contributed by atoms with Crippen LogP contribution in [0.4, 0.5) is 5.13 Å². The molecule has 0 atom stereocenters. The maximum Gasteiger partial charge on any atom is 0.251 e. The predicted molar refractivity (Wildman–Crippen MR) is 137 cm³/mol. The summed E-state index contributed by atoms with van der Waals surface area (Å²) < 4.78 is 1.89. The molecule has 35 heavy (non-hydrogen) atoms. The minimum Gasteiger partial charge on any atom is -0.345 e. The van der Waals surface area contributed by atoms with Gasteiger partial charge in [-0.1, -0.05) is 52.9 Å². The summed E-state index contributed by atoms with van der Waals surface area (Å²) in [5.41, 5.74) is 4.68. The number of aromatic nitrogens is 5. The van der Waals surface area contributed by atoms with E-state index in [1.807, 2.05) is 68.7 Å². The van der Waals surface area contributed by atoms with Crippen molar-refractivity contribution in [3.63, 3.8) is 0 Å². The van der Waals surface area contributed by atoms with Gasteiger partial charge in [-0.2, -0.15) is 0 Å². The molecule has 9 nitrogen and oxygen atoms in total. The summed E-state index contributed by atoms with van der Waals surface area (Å²) in [5.74, 6) is 0.292. The Kier molecular flexibility index (Phi) is 7.57. The van der Waals surface area contributed by atoms with Crippen LogP contribution in [0, 0.1) is 27.7 Å². The summed E-state index contributed by atoms with van der Waals surface area (Å²) in [6.45, 7) is 8.02. The van der Waals surface area contributed by atoms with Crippen molar-refractivity contribution >= 4 is 40.0 Å². The number of nitrogens with one attached hydrogen (secondary N) is 2. The zero-order valence-electron chi connectivity index (χ0n) is 19.8. The minimum atomic E-state index is -0.212. The van der Waals surface area contributed by atoms with Gasteiger partial charge in [-0.25, -0.2) is 0 Å². The number of benzene rings is 2. The highest BCUT2D eigenvalue weighted by Crippen LogP contribution is 2.26. The fourth-order valence-corrected chi connectivity index (χ4v) is 4.78. The van der Waals surface area contributed by atoms with Crippen molar-refractivity contribution in [2.45, 2.75) is 39.4 Å². The zero-order chi connectivity index (χ0) is 24.9. The molecule has 0 aliphatic carbocycles. The Bertz CT molecular complexity index is 1380. The van der Waals surface area contributed by atoms with E-state index in [-0.39, 0.29) is 24.1 Å². The van der Waals surface area contributed by atoms with Gasteiger partial charge in [0.05, 0.1) is 18.0 Å². The molecular weight excluding hydrogens is 482 g/mol.